The van der Waals surface area contributed by atoms with Crippen molar-refractivity contribution in [2.24, 2.45) is 0 Å². The second-order valence-electron chi connectivity index (χ2n) is 7.67. The molecule has 0 aliphatic carbocycles. The zero-order chi connectivity index (χ0) is 25.1. The molecule has 0 amide bonds. The summed E-state index contributed by atoms with van der Waals surface area (Å²) in [7, 11) is 0. The number of aryl methyl sites for hydroxylation is 3. The number of hydrogen-bond acceptors (Lipinski definition) is 11. The number of carbonyl (C=O) groups excluding carboxylic acids is 2. The molecule has 0 bridgehead atoms. The maximum absolute atomic E-state index is 12.5. The molecule has 2 N–H and O–H groups in total. The van der Waals surface area contributed by atoms with Crippen molar-refractivity contribution >= 4 is 39.3 Å². The highest BCUT2D eigenvalue weighted by Gasteiger charge is 2.21. The molecule has 11 heteroatoms. The smallest absolute Gasteiger partial charge is 0.348 e. The maximum Gasteiger partial charge on any atom is 0.348 e. The summed E-state index contributed by atoms with van der Waals surface area (Å²) in [6, 6.07) is 6.58. The van der Waals surface area contributed by atoms with Gasteiger partial charge in [-0.2, -0.15) is 0 Å². The molecule has 0 saturated heterocycles. The van der Waals surface area contributed by atoms with Crippen molar-refractivity contribution in [2.45, 2.75) is 40.9 Å². The predicted molar refractivity (Wildman–Crippen MR) is 128 cm³/mol. The highest BCUT2D eigenvalue weighted by atomic mass is 32.1. The molecule has 0 aliphatic heterocycles. The van der Waals surface area contributed by atoms with Gasteiger partial charge in [-0.3, -0.25) is 0 Å². The Labute approximate surface area is 205 Å². The standard InChI is InChI=1S/C24H24N4O6S/c1-5-31-24(30)20-12(2)19-21(25)26-18(27-22(19)35-20)11-33-23(29)15-6-8-16(9-7-15)32-10-17-13(3)28-34-14(17)4/h6-9H,5,10-11H2,1-4H3,(H2,25,26,27). The number of esters is 2. The van der Waals surface area contributed by atoms with Crippen molar-refractivity contribution < 1.29 is 28.3 Å². The fourth-order valence-electron chi connectivity index (χ4n) is 3.44. The van der Waals surface area contributed by atoms with Crippen LogP contribution in [0.4, 0.5) is 5.82 Å². The van der Waals surface area contributed by atoms with Crippen molar-refractivity contribution in [3.8, 4) is 5.75 Å². The van der Waals surface area contributed by atoms with Crippen molar-refractivity contribution in [1.82, 2.24) is 15.1 Å². The number of fused-ring (bicyclic) bond motifs is 1. The van der Waals surface area contributed by atoms with E-state index in [4.69, 9.17) is 24.5 Å². The zero-order valence-corrected chi connectivity index (χ0v) is 20.5. The van der Waals surface area contributed by atoms with E-state index < -0.39 is 11.9 Å². The molecule has 0 saturated carbocycles. The fraction of sp³-hybridized carbons (Fsp3) is 0.292. The fourth-order valence-corrected chi connectivity index (χ4v) is 4.54. The van der Waals surface area contributed by atoms with Gasteiger partial charge in [-0.25, -0.2) is 19.6 Å². The van der Waals surface area contributed by atoms with Crippen LogP contribution in [0.5, 0.6) is 5.75 Å². The second kappa shape index (κ2) is 10.1. The normalized spacial score (nSPS) is 11.0. The first-order valence-corrected chi connectivity index (χ1v) is 11.6. The van der Waals surface area contributed by atoms with E-state index in [0.29, 0.717) is 44.3 Å². The lowest BCUT2D eigenvalue weighted by atomic mass is 10.2. The summed E-state index contributed by atoms with van der Waals surface area (Å²) < 4.78 is 21.3. The summed E-state index contributed by atoms with van der Waals surface area (Å²) in [6.45, 7) is 7.59. The summed E-state index contributed by atoms with van der Waals surface area (Å²) in [4.78, 5) is 34.3. The zero-order valence-electron chi connectivity index (χ0n) is 19.7. The lowest BCUT2D eigenvalue weighted by molar-refractivity contribution is 0.0461. The van der Waals surface area contributed by atoms with E-state index >= 15 is 0 Å². The van der Waals surface area contributed by atoms with Crippen LogP contribution in [0, 0.1) is 20.8 Å². The first kappa shape index (κ1) is 24.1. The largest absolute Gasteiger partial charge is 0.489 e. The molecule has 0 unspecified atom stereocenters. The van der Waals surface area contributed by atoms with Crippen LogP contribution in [0.1, 0.15) is 55.4 Å². The quantitative estimate of drug-likeness (QED) is 0.351. The predicted octanol–water partition coefficient (Wildman–Crippen LogP) is 4.30. The van der Waals surface area contributed by atoms with Gasteiger partial charge in [0.05, 0.1) is 28.8 Å². The lowest BCUT2D eigenvalue weighted by Gasteiger charge is -2.08. The molecule has 4 aromatic rings. The summed E-state index contributed by atoms with van der Waals surface area (Å²) in [5.41, 5.74) is 8.78. The van der Waals surface area contributed by atoms with Crippen LogP contribution in [0.2, 0.25) is 0 Å². The molecular formula is C24H24N4O6S. The number of anilines is 1. The van der Waals surface area contributed by atoms with E-state index in [2.05, 4.69) is 15.1 Å². The third-order valence-corrected chi connectivity index (χ3v) is 6.48. The first-order chi connectivity index (χ1) is 16.8. The Morgan fingerprint density at radius 1 is 1.03 bits per heavy atom. The Bertz CT molecular complexity index is 1370. The van der Waals surface area contributed by atoms with Crippen LogP contribution in [0.3, 0.4) is 0 Å². The summed E-state index contributed by atoms with van der Waals surface area (Å²) >= 11 is 1.17. The molecule has 3 aromatic heterocycles. The van der Waals surface area contributed by atoms with Gasteiger partial charge in [0.25, 0.3) is 0 Å². The van der Waals surface area contributed by atoms with Crippen LogP contribution in [-0.2, 0) is 22.7 Å². The van der Waals surface area contributed by atoms with Crippen LogP contribution in [-0.4, -0.2) is 33.7 Å². The van der Waals surface area contributed by atoms with Gasteiger partial charge in [-0.05, 0) is 57.5 Å². The topological polar surface area (TPSA) is 140 Å². The number of thiophene rings is 1. The summed E-state index contributed by atoms with van der Waals surface area (Å²) in [6.07, 6.45) is 0. The third-order valence-electron chi connectivity index (χ3n) is 5.31. The molecule has 0 spiro atoms. The molecular weight excluding hydrogens is 472 g/mol. The van der Waals surface area contributed by atoms with Crippen LogP contribution >= 0.6 is 11.3 Å². The van der Waals surface area contributed by atoms with Gasteiger partial charge in [0.2, 0.25) is 0 Å². The van der Waals surface area contributed by atoms with E-state index in [1.54, 1.807) is 38.1 Å². The average molecular weight is 497 g/mol. The third kappa shape index (κ3) is 5.09. The van der Waals surface area contributed by atoms with Crippen LogP contribution < -0.4 is 10.5 Å². The molecule has 1 aromatic carbocycles. The number of hydrogen-bond donors (Lipinski definition) is 1. The van der Waals surface area contributed by atoms with Gasteiger partial charge in [0.15, 0.2) is 12.4 Å². The van der Waals surface area contributed by atoms with Gasteiger partial charge in [-0.1, -0.05) is 5.16 Å². The number of ether oxygens (including phenoxy) is 3. The molecule has 4 rings (SSSR count). The molecule has 182 valence electrons. The maximum atomic E-state index is 12.5. The van der Waals surface area contributed by atoms with Gasteiger partial charge in [-0.15, -0.1) is 11.3 Å². The van der Waals surface area contributed by atoms with Gasteiger partial charge < -0.3 is 24.5 Å². The van der Waals surface area contributed by atoms with Gasteiger partial charge in [0, 0.05) is 0 Å². The summed E-state index contributed by atoms with van der Waals surface area (Å²) in [5.74, 6) is 0.773. The molecule has 10 nitrogen and oxygen atoms in total. The molecule has 0 radical (unpaired) electrons. The molecule has 0 aliphatic rings. The van der Waals surface area contributed by atoms with E-state index in [9.17, 15) is 9.59 Å². The average Bonchev–Trinajstić information content (AvgIpc) is 3.35. The van der Waals surface area contributed by atoms with Crippen molar-refractivity contribution in [1.29, 1.82) is 0 Å². The minimum absolute atomic E-state index is 0.172. The van der Waals surface area contributed by atoms with Crippen molar-refractivity contribution in [3.05, 3.63) is 63.1 Å². The lowest BCUT2D eigenvalue weighted by Crippen LogP contribution is -2.08. The number of benzene rings is 1. The Hall–Kier alpha value is -3.99. The SMILES string of the molecule is CCOC(=O)c1sc2nc(COC(=O)c3ccc(OCc4c(C)noc4C)cc3)nc(N)c2c1C. The van der Waals surface area contributed by atoms with Gasteiger partial charge >= 0.3 is 11.9 Å². The Kier molecular flexibility index (Phi) is 6.97. The molecule has 35 heavy (non-hydrogen) atoms. The monoisotopic (exact) mass is 496 g/mol. The van der Waals surface area contributed by atoms with Crippen molar-refractivity contribution in [2.75, 3.05) is 12.3 Å². The number of nitrogens with zero attached hydrogens (tertiary/aromatic N) is 3. The number of rotatable bonds is 8. The number of nitrogen functional groups attached to an aromatic ring is 1. The summed E-state index contributed by atoms with van der Waals surface area (Å²) in [5, 5.41) is 4.50. The second-order valence-corrected chi connectivity index (χ2v) is 8.67. The highest BCUT2D eigenvalue weighted by Crippen LogP contribution is 2.33. The van der Waals surface area contributed by atoms with E-state index in [1.807, 2.05) is 13.8 Å². The number of aromatic nitrogens is 3. The Balaban J connectivity index is 1.40. The number of carbonyl (C=O) groups is 2. The number of nitrogens with two attached hydrogens (primary N) is 1. The minimum Gasteiger partial charge on any atom is -0.489 e. The molecule has 0 fully saturated rings. The van der Waals surface area contributed by atoms with Crippen LogP contribution in [0.15, 0.2) is 28.8 Å². The van der Waals surface area contributed by atoms with Crippen molar-refractivity contribution in [3.63, 3.8) is 0 Å². The van der Waals surface area contributed by atoms with E-state index in [1.165, 1.54) is 11.3 Å². The van der Waals surface area contributed by atoms with Gasteiger partial charge in [0.1, 0.15) is 33.6 Å². The minimum atomic E-state index is -0.542. The van der Waals surface area contributed by atoms with Crippen LogP contribution in [0.25, 0.3) is 10.2 Å². The Morgan fingerprint density at radius 3 is 2.43 bits per heavy atom. The van der Waals surface area contributed by atoms with E-state index in [-0.39, 0.29) is 24.9 Å². The highest BCUT2D eigenvalue weighted by molar-refractivity contribution is 7.20. The Morgan fingerprint density at radius 2 is 1.77 bits per heavy atom. The molecule has 0 atom stereocenters. The van der Waals surface area contributed by atoms with E-state index in [0.717, 1.165) is 11.3 Å². The molecule has 3 heterocycles. The first-order valence-electron chi connectivity index (χ1n) is 10.8.